The highest BCUT2D eigenvalue weighted by atomic mass is 79.9. The molecule has 0 spiro atoms. The molecule has 2 rings (SSSR count). The molecule has 2 aromatic carbocycles. The molecule has 0 fully saturated rings. The van der Waals surface area contributed by atoms with E-state index in [0.717, 1.165) is 29.1 Å². The zero-order valence-corrected chi connectivity index (χ0v) is 12.8. The van der Waals surface area contributed by atoms with E-state index >= 15 is 0 Å². The van der Waals surface area contributed by atoms with Crippen molar-refractivity contribution in [2.24, 2.45) is 0 Å². The van der Waals surface area contributed by atoms with Gasteiger partial charge < -0.3 is 14.8 Å². The summed E-state index contributed by atoms with van der Waals surface area (Å²) in [7, 11) is 0. The Morgan fingerprint density at radius 2 is 1.30 bits per heavy atom. The Kier molecular flexibility index (Phi) is 6.41. The third-order valence-corrected chi connectivity index (χ3v) is 3.18. The molecule has 0 atom stereocenters. The maximum Gasteiger partial charge on any atom is 0.119 e. The van der Waals surface area contributed by atoms with Gasteiger partial charge in [-0.1, -0.05) is 34.1 Å². The van der Waals surface area contributed by atoms with Crippen LogP contribution >= 0.6 is 15.9 Å². The molecule has 0 aliphatic heterocycles. The van der Waals surface area contributed by atoms with Gasteiger partial charge in [-0.2, -0.15) is 0 Å². The predicted octanol–water partition coefficient (Wildman–Crippen LogP) is 3.50. The van der Waals surface area contributed by atoms with Gasteiger partial charge in [0.25, 0.3) is 0 Å². The number of hydrogen-bond acceptors (Lipinski definition) is 3. The molecular formula is C16H18BrNO2. The van der Waals surface area contributed by atoms with Crippen LogP contribution in [-0.2, 0) is 0 Å². The van der Waals surface area contributed by atoms with Crippen LogP contribution in [0, 0.1) is 0 Å². The molecule has 20 heavy (non-hydrogen) atoms. The molecule has 1 N–H and O–H groups in total. The van der Waals surface area contributed by atoms with Gasteiger partial charge >= 0.3 is 0 Å². The van der Waals surface area contributed by atoms with Crippen LogP contribution in [0.25, 0.3) is 0 Å². The predicted molar refractivity (Wildman–Crippen MR) is 84.4 cm³/mol. The molecule has 4 heteroatoms. The van der Waals surface area contributed by atoms with Crippen molar-refractivity contribution in [3.63, 3.8) is 0 Å². The lowest BCUT2D eigenvalue weighted by Crippen LogP contribution is -2.25. The van der Waals surface area contributed by atoms with Crippen LogP contribution in [0.2, 0.25) is 0 Å². The Balaban J connectivity index is 1.51. The molecule has 0 aliphatic rings. The highest BCUT2D eigenvalue weighted by Crippen LogP contribution is 2.15. The number of ether oxygens (including phenoxy) is 2. The zero-order valence-electron chi connectivity index (χ0n) is 11.2. The molecule has 2 aromatic rings. The summed E-state index contributed by atoms with van der Waals surface area (Å²) in [6, 6.07) is 17.7. The molecule has 0 saturated carbocycles. The fourth-order valence-electron chi connectivity index (χ4n) is 1.65. The summed E-state index contributed by atoms with van der Waals surface area (Å²) < 4.78 is 12.2. The normalized spacial score (nSPS) is 10.2. The van der Waals surface area contributed by atoms with Crippen molar-refractivity contribution in [1.29, 1.82) is 0 Å². The summed E-state index contributed by atoms with van der Waals surface area (Å²) in [5, 5.41) is 3.28. The van der Waals surface area contributed by atoms with Crippen molar-refractivity contribution in [2.75, 3.05) is 26.3 Å². The highest BCUT2D eigenvalue weighted by molar-refractivity contribution is 9.10. The van der Waals surface area contributed by atoms with Crippen LogP contribution in [0.15, 0.2) is 59.1 Å². The quantitative estimate of drug-likeness (QED) is 0.749. The maximum atomic E-state index is 5.60. The highest BCUT2D eigenvalue weighted by Gasteiger charge is 1.94. The van der Waals surface area contributed by atoms with Gasteiger partial charge in [0.1, 0.15) is 24.7 Å². The Labute approximate surface area is 128 Å². The minimum absolute atomic E-state index is 0.646. The average Bonchev–Trinajstić information content (AvgIpc) is 2.49. The van der Waals surface area contributed by atoms with Gasteiger partial charge in [-0.25, -0.2) is 0 Å². The molecule has 3 nitrogen and oxygen atoms in total. The van der Waals surface area contributed by atoms with Crippen molar-refractivity contribution in [1.82, 2.24) is 5.32 Å². The molecule has 0 aliphatic carbocycles. The standard InChI is InChI=1S/C16H18BrNO2/c17-14-6-8-16(9-7-14)20-13-11-18-10-12-19-15-4-2-1-3-5-15/h1-9,18H,10-13H2. The van der Waals surface area contributed by atoms with E-state index in [4.69, 9.17) is 9.47 Å². The van der Waals surface area contributed by atoms with Crippen LogP contribution in [0.4, 0.5) is 0 Å². The van der Waals surface area contributed by atoms with Crippen molar-refractivity contribution >= 4 is 15.9 Å². The summed E-state index contributed by atoms with van der Waals surface area (Å²) in [4.78, 5) is 0. The summed E-state index contributed by atoms with van der Waals surface area (Å²) in [6.45, 7) is 2.90. The first kappa shape index (κ1) is 14.9. The minimum Gasteiger partial charge on any atom is -0.492 e. The number of halogens is 1. The smallest absolute Gasteiger partial charge is 0.119 e. The summed E-state index contributed by atoms with van der Waals surface area (Å²) in [5.41, 5.74) is 0. The number of para-hydroxylation sites is 1. The fraction of sp³-hybridized carbons (Fsp3) is 0.250. The van der Waals surface area contributed by atoms with Crippen molar-refractivity contribution in [3.05, 3.63) is 59.1 Å². The first-order valence-electron chi connectivity index (χ1n) is 6.61. The van der Waals surface area contributed by atoms with Crippen LogP contribution in [0.5, 0.6) is 11.5 Å². The third-order valence-electron chi connectivity index (χ3n) is 2.65. The van der Waals surface area contributed by atoms with Crippen molar-refractivity contribution < 1.29 is 9.47 Å². The number of nitrogens with one attached hydrogen (secondary N) is 1. The third kappa shape index (κ3) is 5.63. The van der Waals surface area contributed by atoms with E-state index in [2.05, 4.69) is 21.2 Å². The van der Waals surface area contributed by atoms with Gasteiger partial charge in [-0.3, -0.25) is 0 Å². The monoisotopic (exact) mass is 335 g/mol. The van der Waals surface area contributed by atoms with E-state index in [0.29, 0.717) is 13.2 Å². The van der Waals surface area contributed by atoms with Crippen LogP contribution in [0.1, 0.15) is 0 Å². The van der Waals surface area contributed by atoms with E-state index in [9.17, 15) is 0 Å². The molecule has 0 amide bonds. The van der Waals surface area contributed by atoms with Crippen molar-refractivity contribution in [3.8, 4) is 11.5 Å². The van der Waals surface area contributed by atoms with E-state index < -0.39 is 0 Å². The Bertz CT molecular complexity index is 488. The van der Waals surface area contributed by atoms with Gasteiger partial charge in [0.2, 0.25) is 0 Å². The van der Waals surface area contributed by atoms with E-state index in [1.54, 1.807) is 0 Å². The lowest BCUT2D eigenvalue weighted by atomic mass is 10.3. The minimum atomic E-state index is 0.646. The first-order valence-corrected chi connectivity index (χ1v) is 7.41. The lowest BCUT2D eigenvalue weighted by Gasteiger charge is -2.09. The number of hydrogen-bond donors (Lipinski definition) is 1. The molecular weight excluding hydrogens is 318 g/mol. The SMILES string of the molecule is Brc1ccc(OCCNCCOc2ccccc2)cc1. The molecule has 0 heterocycles. The molecule has 0 unspecified atom stereocenters. The zero-order chi connectivity index (χ0) is 14.0. The van der Waals surface area contributed by atoms with Gasteiger partial charge in [0.15, 0.2) is 0 Å². The fourth-order valence-corrected chi connectivity index (χ4v) is 1.92. The van der Waals surface area contributed by atoms with Crippen LogP contribution < -0.4 is 14.8 Å². The second kappa shape index (κ2) is 8.61. The lowest BCUT2D eigenvalue weighted by molar-refractivity contribution is 0.289. The molecule has 0 saturated heterocycles. The second-order valence-corrected chi connectivity index (χ2v) is 5.13. The van der Waals surface area contributed by atoms with Gasteiger partial charge in [0, 0.05) is 17.6 Å². The summed E-state index contributed by atoms with van der Waals surface area (Å²) in [6.07, 6.45) is 0. The second-order valence-electron chi connectivity index (χ2n) is 4.21. The molecule has 0 aromatic heterocycles. The Morgan fingerprint density at radius 1 is 0.750 bits per heavy atom. The maximum absolute atomic E-state index is 5.60. The number of benzene rings is 2. The molecule has 106 valence electrons. The topological polar surface area (TPSA) is 30.5 Å². The Morgan fingerprint density at radius 3 is 1.90 bits per heavy atom. The molecule has 0 bridgehead atoms. The largest absolute Gasteiger partial charge is 0.492 e. The van der Waals surface area contributed by atoms with Crippen LogP contribution in [-0.4, -0.2) is 26.3 Å². The van der Waals surface area contributed by atoms with Crippen LogP contribution in [0.3, 0.4) is 0 Å². The first-order chi connectivity index (χ1) is 9.84. The summed E-state index contributed by atoms with van der Waals surface area (Å²) >= 11 is 3.39. The van der Waals surface area contributed by atoms with E-state index in [1.165, 1.54) is 0 Å². The number of rotatable bonds is 8. The van der Waals surface area contributed by atoms with Gasteiger partial charge in [-0.05, 0) is 36.4 Å². The van der Waals surface area contributed by atoms with Gasteiger partial charge in [-0.15, -0.1) is 0 Å². The summed E-state index contributed by atoms with van der Waals surface area (Å²) in [5.74, 6) is 1.79. The van der Waals surface area contributed by atoms with Gasteiger partial charge in [0.05, 0.1) is 0 Å². The van der Waals surface area contributed by atoms with Crippen molar-refractivity contribution in [2.45, 2.75) is 0 Å². The van der Waals surface area contributed by atoms with E-state index in [1.807, 2.05) is 54.6 Å². The molecule has 0 radical (unpaired) electrons. The average molecular weight is 336 g/mol. The van der Waals surface area contributed by atoms with E-state index in [-0.39, 0.29) is 0 Å². The Hall–Kier alpha value is -1.52.